The molecule has 1 N–H and O–H groups in total. The van der Waals surface area contributed by atoms with Crippen LogP contribution in [-0.4, -0.2) is 40.6 Å². The number of carboxylic acids is 1. The molecule has 0 bridgehead atoms. The van der Waals surface area contributed by atoms with Crippen molar-refractivity contribution < 1.29 is 9.90 Å². The molecule has 0 aliphatic carbocycles. The van der Waals surface area contributed by atoms with E-state index in [0.717, 1.165) is 6.42 Å². The Morgan fingerprint density at radius 1 is 1.71 bits per heavy atom. The summed E-state index contributed by atoms with van der Waals surface area (Å²) in [4.78, 5) is 9.60. The van der Waals surface area contributed by atoms with Crippen molar-refractivity contribution in [3.8, 4) is 0 Å². The Morgan fingerprint density at radius 3 is 2.14 bits per heavy atom. The zero-order valence-electron chi connectivity index (χ0n) is 4.77. The summed E-state index contributed by atoms with van der Waals surface area (Å²) in [6, 6.07) is 0. The molecule has 0 aliphatic heterocycles. The molecule has 0 saturated heterocycles. The van der Waals surface area contributed by atoms with Crippen molar-refractivity contribution in [2.24, 2.45) is 0 Å². The fraction of sp³-hybridized carbons (Fsp3) is 0.750. The largest absolute Gasteiger partial charge is 0.481 e. The smallest absolute Gasteiger partial charge is 0.303 e. The van der Waals surface area contributed by atoms with E-state index in [9.17, 15) is 4.79 Å². The summed E-state index contributed by atoms with van der Waals surface area (Å²) >= 11 is 0. The van der Waals surface area contributed by atoms with E-state index in [2.05, 4.69) is 0 Å². The molecule has 0 saturated carbocycles. The van der Waals surface area contributed by atoms with E-state index in [1.807, 2.05) is 6.92 Å². The summed E-state index contributed by atoms with van der Waals surface area (Å²) in [5.74, 6) is -0.711. The van der Waals surface area contributed by atoms with Crippen LogP contribution < -0.4 is 0 Å². The van der Waals surface area contributed by atoms with Crippen LogP contribution in [0.3, 0.4) is 0 Å². The van der Waals surface area contributed by atoms with Crippen molar-refractivity contribution in [1.29, 1.82) is 0 Å². The first kappa shape index (κ1) is 10.5. The molecule has 0 amide bonds. The van der Waals surface area contributed by atoms with E-state index >= 15 is 0 Å². The minimum Gasteiger partial charge on any atom is -0.481 e. The number of carbonyl (C=O) groups is 1. The van der Waals surface area contributed by atoms with Crippen molar-refractivity contribution in [2.45, 2.75) is 19.8 Å². The third kappa shape index (κ3) is 10.7. The molecular weight excluding hydrogens is 107 g/mol. The van der Waals surface area contributed by atoms with Crippen LogP contribution in [0.15, 0.2) is 0 Å². The van der Waals surface area contributed by atoms with Crippen LogP contribution >= 0.6 is 0 Å². The first-order chi connectivity index (χ1) is 2.77. The number of carboxylic acid groups (broad SMARTS) is 1. The van der Waals surface area contributed by atoms with Gasteiger partial charge in [-0.05, 0) is 6.42 Å². The summed E-state index contributed by atoms with van der Waals surface area (Å²) in [7, 11) is 0. The molecule has 0 aromatic heterocycles. The number of hydrogen-bond acceptors (Lipinski definition) is 1. The van der Waals surface area contributed by atoms with Crippen molar-refractivity contribution in [3.63, 3.8) is 0 Å². The van der Waals surface area contributed by atoms with Crippen molar-refractivity contribution in [1.82, 2.24) is 0 Å². The molecule has 0 fully saturated rings. The summed E-state index contributed by atoms with van der Waals surface area (Å²) < 4.78 is 0. The number of hydrogen-bond donors (Lipinski definition) is 1. The van der Waals surface area contributed by atoms with Gasteiger partial charge in [-0.1, -0.05) is 6.92 Å². The molecular formula is C4H8NaO2. The number of aliphatic carboxylic acids is 1. The second-order valence-corrected chi connectivity index (χ2v) is 1.14. The van der Waals surface area contributed by atoms with E-state index < -0.39 is 5.97 Å². The molecule has 0 aromatic carbocycles. The van der Waals surface area contributed by atoms with Gasteiger partial charge in [0.15, 0.2) is 0 Å². The predicted molar refractivity (Wildman–Crippen MR) is 28.3 cm³/mol. The van der Waals surface area contributed by atoms with Crippen LogP contribution in [0.1, 0.15) is 19.8 Å². The average molecular weight is 115 g/mol. The third-order valence-corrected chi connectivity index (χ3v) is 0.464. The Hall–Kier alpha value is 0.470. The van der Waals surface area contributed by atoms with Gasteiger partial charge in [0, 0.05) is 36.0 Å². The SMILES string of the molecule is [13CH3][13CH2][13CH2][13C](=O)O.[Na]. The zero-order valence-corrected chi connectivity index (χ0v) is 6.77. The monoisotopic (exact) mass is 115 g/mol. The van der Waals surface area contributed by atoms with Crippen LogP contribution in [-0.2, 0) is 4.79 Å². The van der Waals surface area contributed by atoms with E-state index in [0.29, 0.717) is 6.42 Å². The van der Waals surface area contributed by atoms with Crippen LogP contribution in [0.4, 0.5) is 0 Å². The van der Waals surface area contributed by atoms with E-state index in [-0.39, 0.29) is 29.6 Å². The Kier molecular flexibility index (Phi) is 9.66. The minimum absolute atomic E-state index is 0. The number of rotatable bonds is 2. The molecule has 0 spiro atoms. The summed E-state index contributed by atoms with van der Waals surface area (Å²) in [5.41, 5.74) is 0. The van der Waals surface area contributed by atoms with E-state index in [1.54, 1.807) is 0 Å². The Labute approximate surface area is 65.2 Å². The van der Waals surface area contributed by atoms with Crippen LogP contribution in [0.2, 0.25) is 0 Å². The van der Waals surface area contributed by atoms with Gasteiger partial charge < -0.3 is 5.11 Å². The normalized spacial score (nSPS) is 7.00. The predicted octanol–water partition coefficient (Wildman–Crippen LogP) is 0.490. The first-order valence-electron chi connectivity index (χ1n) is 1.99. The Bertz CT molecular complexity index is 53.7. The Morgan fingerprint density at radius 2 is 2.14 bits per heavy atom. The maximum absolute atomic E-state index is 9.60. The fourth-order valence-electron chi connectivity index (χ4n) is 0.214. The van der Waals surface area contributed by atoms with Gasteiger partial charge in [-0.2, -0.15) is 0 Å². The zero-order chi connectivity index (χ0) is 4.99. The molecule has 0 atom stereocenters. The van der Waals surface area contributed by atoms with Gasteiger partial charge in [0.25, 0.3) is 0 Å². The van der Waals surface area contributed by atoms with E-state index in [1.165, 1.54) is 0 Å². The van der Waals surface area contributed by atoms with Gasteiger partial charge in [-0.25, -0.2) is 0 Å². The van der Waals surface area contributed by atoms with Crippen LogP contribution in [0.5, 0.6) is 0 Å². The molecule has 2 nitrogen and oxygen atoms in total. The Balaban J connectivity index is 0. The standard InChI is InChI=1S/C4H8O2.Na/c1-2-3-4(5)6;/h2-3H2,1H3,(H,5,6);/i1+1,2+1,3+1,4+1;. The topological polar surface area (TPSA) is 37.3 Å². The first-order valence-corrected chi connectivity index (χ1v) is 1.99. The minimum atomic E-state index is -0.711. The molecule has 0 unspecified atom stereocenters. The van der Waals surface area contributed by atoms with Gasteiger partial charge in [-0.3, -0.25) is 4.79 Å². The van der Waals surface area contributed by atoms with Crippen molar-refractivity contribution in [2.75, 3.05) is 0 Å². The van der Waals surface area contributed by atoms with Gasteiger partial charge in [0.05, 0.1) is 0 Å². The average Bonchev–Trinajstić information content (AvgIpc) is 1.35. The van der Waals surface area contributed by atoms with Gasteiger partial charge >= 0.3 is 5.97 Å². The van der Waals surface area contributed by atoms with Crippen LogP contribution in [0, 0.1) is 0 Å². The molecule has 37 valence electrons. The van der Waals surface area contributed by atoms with Crippen LogP contribution in [0.25, 0.3) is 0 Å². The summed E-state index contributed by atoms with van der Waals surface area (Å²) in [5, 5.41) is 7.91. The molecule has 0 heterocycles. The quantitative estimate of drug-likeness (QED) is 0.420. The second kappa shape index (κ2) is 6.47. The second-order valence-electron chi connectivity index (χ2n) is 1.14. The molecule has 1 radical (unpaired) electrons. The summed E-state index contributed by atoms with van der Waals surface area (Å²) in [6.45, 7) is 1.84. The van der Waals surface area contributed by atoms with Gasteiger partial charge in [0.1, 0.15) is 0 Å². The van der Waals surface area contributed by atoms with Gasteiger partial charge in [0.2, 0.25) is 0 Å². The van der Waals surface area contributed by atoms with Crippen molar-refractivity contribution >= 4 is 35.5 Å². The maximum atomic E-state index is 9.60. The third-order valence-electron chi connectivity index (χ3n) is 0.464. The molecule has 0 rings (SSSR count). The molecule has 0 aliphatic rings. The van der Waals surface area contributed by atoms with E-state index in [4.69, 9.17) is 5.11 Å². The molecule has 3 heteroatoms. The van der Waals surface area contributed by atoms with Crippen molar-refractivity contribution in [3.05, 3.63) is 0 Å². The fourth-order valence-corrected chi connectivity index (χ4v) is 0.214. The molecule has 7 heavy (non-hydrogen) atoms. The summed E-state index contributed by atoms with van der Waals surface area (Å²) in [6.07, 6.45) is 1.02. The molecule has 0 aromatic rings. The van der Waals surface area contributed by atoms with Gasteiger partial charge in [-0.15, -0.1) is 0 Å². The maximum Gasteiger partial charge on any atom is 0.303 e.